The number of aromatic nitrogens is 1. The van der Waals surface area contributed by atoms with Gasteiger partial charge in [0.1, 0.15) is 0 Å². The maximum atomic E-state index is 5.92. The van der Waals surface area contributed by atoms with Crippen LogP contribution in [0.15, 0.2) is 18.3 Å². The fraction of sp³-hybridized carbons (Fsp3) is 0.545. The summed E-state index contributed by atoms with van der Waals surface area (Å²) in [4.78, 5) is 4.24. The second-order valence-corrected chi connectivity index (χ2v) is 3.99. The van der Waals surface area contributed by atoms with E-state index in [1.807, 2.05) is 12.1 Å². The average Bonchev–Trinajstić information content (AvgIpc) is 2.29. The highest BCUT2D eigenvalue weighted by Gasteiger charge is 2.22. The molecule has 0 spiro atoms. The lowest BCUT2D eigenvalue weighted by atomic mass is 10.0. The zero-order valence-corrected chi connectivity index (χ0v) is 10.1. The van der Waals surface area contributed by atoms with E-state index in [9.17, 15) is 0 Å². The molecule has 1 N–H and O–H groups in total. The Labute approximate surface area is 95.8 Å². The summed E-state index contributed by atoms with van der Waals surface area (Å²) in [5.41, 5.74) is -0.150. The Morgan fingerprint density at radius 3 is 2.87 bits per heavy atom. The van der Waals surface area contributed by atoms with Crippen molar-refractivity contribution in [2.24, 2.45) is 0 Å². The Balaban J connectivity index is 2.87. The zero-order chi connectivity index (χ0) is 11.3. The minimum atomic E-state index is -0.150. The van der Waals surface area contributed by atoms with Gasteiger partial charge in [-0.05, 0) is 25.5 Å². The number of hydrogen-bond donors (Lipinski definition) is 1. The maximum absolute atomic E-state index is 5.92. The molecule has 0 aromatic carbocycles. The summed E-state index contributed by atoms with van der Waals surface area (Å²) in [6, 6.07) is 3.72. The van der Waals surface area contributed by atoms with Gasteiger partial charge in [-0.1, -0.05) is 6.92 Å². The van der Waals surface area contributed by atoms with Crippen molar-refractivity contribution < 1.29 is 4.74 Å². The number of ether oxygens (including phenoxy) is 1. The number of nitrogens with one attached hydrogen (secondary N) is 1. The topological polar surface area (TPSA) is 34.2 Å². The molecule has 1 heterocycles. The molecule has 84 valence electrons. The molecule has 15 heavy (non-hydrogen) atoms. The van der Waals surface area contributed by atoms with Crippen LogP contribution >= 0.6 is 11.6 Å². The van der Waals surface area contributed by atoms with Crippen LogP contribution in [0.4, 0.5) is 5.82 Å². The van der Waals surface area contributed by atoms with E-state index in [2.05, 4.69) is 24.1 Å². The van der Waals surface area contributed by atoms with Gasteiger partial charge >= 0.3 is 0 Å². The second-order valence-electron chi connectivity index (χ2n) is 3.73. The van der Waals surface area contributed by atoms with Crippen LogP contribution in [-0.2, 0) is 0 Å². The molecule has 0 saturated heterocycles. The van der Waals surface area contributed by atoms with E-state index in [0.29, 0.717) is 5.88 Å². The Hall–Kier alpha value is -0.960. The van der Waals surface area contributed by atoms with Crippen LogP contribution in [0, 0.1) is 0 Å². The number of methoxy groups -OCH3 is 1. The summed E-state index contributed by atoms with van der Waals surface area (Å²) < 4.78 is 5.21. The maximum Gasteiger partial charge on any atom is 0.169 e. The molecule has 1 rings (SSSR count). The molecule has 1 aromatic rings. The van der Waals surface area contributed by atoms with Crippen molar-refractivity contribution in [3.05, 3.63) is 18.3 Å². The Morgan fingerprint density at radius 1 is 1.60 bits per heavy atom. The number of alkyl halides is 1. The van der Waals surface area contributed by atoms with E-state index in [1.54, 1.807) is 13.3 Å². The van der Waals surface area contributed by atoms with Crippen molar-refractivity contribution in [3.8, 4) is 5.75 Å². The van der Waals surface area contributed by atoms with E-state index in [-0.39, 0.29) is 5.54 Å². The molecule has 1 atom stereocenters. The zero-order valence-electron chi connectivity index (χ0n) is 9.38. The van der Waals surface area contributed by atoms with Crippen LogP contribution in [-0.4, -0.2) is 23.5 Å². The van der Waals surface area contributed by atoms with E-state index < -0.39 is 0 Å². The minimum Gasteiger partial charge on any atom is -0.493 e. The van der Waals surface area contributed by atoms with E-state index in [4.69, 9.17) is 16.3 Å². The molecule has 1 unspecified atom stereocenters. The normalized spacial score (nSPS) is 14.4. The van der Waals surface area contributed by atoms with Gasteiger partial charge in [0.15, 0.2) is 11.6 Å². The van der Waals surface area contributed by atoms with Crippen LogP contribution in [0.25, 0.3) is 0 Å². The number of pyridine rings is 1. The molecule has 0 fully saturated rings. The summed E-state index contributed by atoms with van der Waals surface area (Å²) in [6.07, 6.45) is 2.66. The highest BCUT2D eigenvalue weighted by atomic mass is 35.5. The van der Waals surface area contributed by atoms with Crippen molar-refractivity contribution in [2.45, 2.75) is 25.8 Å². The predicted molar refractivity (Wildman–Crippen MR) is 63.8 cm³/mol. The van der Waals surface area contributed by atoms with Crippen molar-refractivity contribution in [1.82, 2.24) is 4.98 Å². The summed E-state index contributed by atoms with van der Waals surface area (Å²) in [6.45, 7) is 4.15. The minimum absolute atomic E-state index is 0.150. The van der Waals surface area contributed by atoms with Gasteiger partial charge < -0.3 is 10.1 Å². The lowest BCUT2D eigenvalue weighted by Gasteiger charge is -2.28. The largest absolute Gasteiger partial charge is 0.493 e. The number of anilines is 1. The summed E-state index contributed by atoms with van der Waals surface area (Å²) in [5, 5.41) is 3.31. The van der Waals surface area contributed by atoms with Crippen molar-refractivity contribution in [2.75, 3.05) is 18.3 Å². The van der Waals surface area contributed by atoms with Crippen molar-refractivity contribution in [1.29, 1.82) is 0 Å². The molecule has 4 heteroatoms. The molecule has 0 amide bonds. The van der Waals surface area contributed by atoms with E-state index in [1.165, 1.54) is 0 Å². The first-order chi connectivity index (χ1) is 7.15. The number of halogens is 1. The standard InChI is InChI=1S/C11H17ClN2O/c1-4-11(2,8-12)14-10-9(15-3)6-5-7-13-10/h5-7H,4,8H2,1-3H3,(H,13,14). The van der Waals surface area contributed by atoms with Crippen LogP contribution in [0.2, 0.25) is 0 Å². The SMILES string of the molecule is CCC(C)(CCl)Nc1ncccc1OC. The van der Waals surface area contributed by atoms with Gasteiger partial charge in [0, 0.05) is 17.6 Å². The third kappa shape index (κ3) is 2.99. The highest BCUT2D eigenvalue weighted by Crippen LogP contribution is 2.25. The molecule has 0 saturated carbocycles. The lowest BCUT2D eigenvalue weighted by Crippen LogP contribution is -2.36. The molecule has 0 radical (unpaired) electrons. The van der Waals surface area contributed by atoms with Crippen LogP contribution in [0.1, 0.15) is 20.3 Å². The van der Waals surface area contributed by atoms with E-state index in [0.717, 1.165) is 18.0 Å². The molecule has 1 aromatic heterocycles. The molecule has 0 aliphatic heterocycles. The van der Waals surface area contributed by atoms with Crippen LogP contribution in [0.3, 0.4) is 0 Å². The molecule has 0 aliphatic carbocycles. The first-order valence-corrected chi connectivity index (χ1v) is 5.52. The molecule has 0 aliphatic rings. The van der Waals surface area contributed by atoms with Gasteiger partial charge in [-0.25, -0.2) is 4.98 Å². The number of nitrogens with zero attached hydrogens (tertiary/aromatic N) is 1. The first kappa shape index (κ1) is 12.1. The van der Waals surface area contributed by atoms with Gasteiger partial charge in [-0.15, -0.1) is 11.6 Å². The average molecular weight is 229 g/mol. The number of hydrogen-bond acceptors (Lipinski definition) is 3. The third-order valence-electron chi connectivity index (χ3n) is 2.49. The Bertz CT molecular complexity index is 313. The summed E-state index contributed by atoms with van der Waals surface area (Å²) in [7, 11) is 1.63. The molecule has 3 nitrogen and oxygen atoms in total. The predicted octanol–water partition coefficient (Wildman–Crippen LogP) is 2.91. The molecular weight excluding hydrogens is 212 g/mol. The van der Waals surface area contributed by atoms with Crippen molar-refractivity contribution in [3.63, 3.8) is 0 Å². The summed E-state index contributed by atoms with van der Waals surface area (Å²) >= 11 is 5.92. The smallest absolute Gasteiger partial charge is 0.169 e. The van der Waals surface area contributed by atoms with Gasteiger partial charge in [-0.2, -0.15) is 0 Å². The van der Waals surface area contributed by atoms with Crippen molar-refractivity contribution >= 4 is 17.4 Å². The van der Waals surface area contributed by atoms with Gasteiger partial charge in [-0.3, -0.25) is 0 Å². The monoisotopic (exact) mass is 228 g/mol. The molecular formula is C11H17ClN2O. The van der Waals surface area contributed by atoms with Crippen LogP contribution < -0.4 is 10.1 Å². The highest BCUT2D eigenvalue weighted by molar-refractivity contribution is 6.18. The lowest BCUT2D eigenvalue weighted by molar-refractivity contribution is 0.412. The fourth-order valence-corrected chi connectivity index (χ4v) is 1.41. The fourth-order valence-electron chi connectivity index (χ4n) is 1.15. The van der Waals surface area contributed by atoms with Gasteiger partial charge in [0.2, 0.25) is 0 Å². The molecule has 0 bridgehead atoms. The quantitative estimate of drug-likeness (QED) is 0.787. The third-order valence-corrected chi connectivity index (χ3v) is 3.08. The van der Waals surface area contributed by atoms with E-state index >= 15 is 0 Å². The van der Waals surface area contributed by atoms with Gasteiger partial charge in [0.25, 0.3) is 0 Å². The first-order valence-electron chi connectivity index (χ1n) is 4.98. The Morgan fingerprint density at radius 2 is 2.33 bits per heavy atom. The summed E-state index contributed by atoms with van der Waals surface area (Å²) in [5.74, 6) is 2.01. The number of rotatable bonds is 5. The van der Waals surface area contributed by atoms with Crippen LogP contribution in [0.5, 0.6) is 5.75 Å². The second kappa shape index (κ2) is 5.21. The Kier molecular flexibility index (Phi) is 4.21. The van der Waals surface area contributed by atoms with Gasteiger partial charge in [0.05, 0.1) is 7.11 Å².